The second-order valence-corrected chi connectivity index (χ2v) is 7.13. The van der Waals surface area contributed by atoms with Gasteiger partial charge in [-0.25, -0.2) is 4.83 Å². The molecule has 4 nitrogen and oxygen atoms in total. The van der Waals surface area contributed by atoms with E-state index in [9.17, 15) is 8.42 Å². The summed E-state index contributed by atoms with van der Waals surface area (Å²) in [7, 11) is -3.62. The molecule has 6 heteroatoms. The van der Waals surface area contributed by atoms with Gasteiger partial charge in [-0.2, -0.15) is 13.5 Å². The molecule has 1 N–H and O–H groups in total. The molecule has 0 saturated heterocycles. The Kier molecular flexibility index (Phi) is 5.14. The van der Waals surface area contributed by atoms with E-state index in [1.807, 2.05) is 30.3 Å². The van der Waals surface area contributed by atoms with Gasteiger partial charge in [0, 0.05) is 16.6 Å². The smallest absolute Gasteiger partial charge is 0.200 e. The summed E-state index contributed by atoms with van der Waals surface area (Å²) in [6.07, 6.45) is 0.601. The Hall–Kier alpha value is -1.66. The third-order valence-corrected chi connectivity index (χ3v) is 4.54. The monoisotopic (exact) mass is 366 g/mol. The Bertz CT molecular complexity index is 726. The van der Waals surface area contributed by atoms with Gasteiger partial charge in [-0.05, 0) is 36.8 Å². The van der Waals surface area contributed by atoms with Gasteiger partial charge in [0.25, 0.3) is 10.0 Å². The summed E-state index contributed by atoms with van der Waals surface area (Å²) in [6.45, 7) is 1.79. The number of nitrogens with zero attached hydrogens (tertiary/aromatic N) is 1. The summed E-state index contributed by atoms with van der Waals surface area (Å²) < 4.78 is 25.0. The van der Waals surface area contributed by atoms with Gasteiger partial charge in [0.1, 0.15) is 0 Å². The Morgan fingerprint density at radius 2 is 1.71 bits per heavy atom. The number of hydrazone groups is 1. The molecule has 2 rings (SSSR count). The average molecular weight is 367 g/mol. The van der Waals surface area contributed by atoms with E-state index in [2.05, 4.69) is 25.9 Å². The van der Waals surface area contributed by atoms with Gasteiger partial charge in [0.05, 0.1) is 4.90 Å². The first kappa shape index (κ1) is 15.7. The van der Waals surface area contributed by atoms with Gasteiger partial charge in [-0.15, -0.1) is 0 Å². The molecule has 0 aliphatic carbocycles. The first-order chi connectivity index (χ1) is 9.97. The van der Waals surface area contributed by atoms with Crippen LogP contribution in [0.2, 0.25) is 0 Å². The van der Waals surface area contributed by atoms with Gasteiger partial charge >= 0.3 is 0 Å². The number of nitrogens with one attached hydrogen (secondary N) is 1. The van der Waals surface area contributed by atoms with Crippen LogP contribution in [0.3, 0.4) is 0 Å². The topological polar surface area (TPSA) is 58.5 Å². The third kappa shape index (κ3) is 4.68. The van der Waals surface area contributed by atoms with Crippen molar-refractivity contribution in [3.05, 3.63) is 64.6 Å². The molecule has 0 aliphatic rings. The summed E-state index contributed by atoms with van der Waals surface area (Å²) in [5, 5.41) is 3.96. The van der Waals surface area contributed by atoms with E-state index in [1.54, 1.807) is 19.1 Å². The Morgan fingerprint density at radius 1 is 1.10 bits per heavy atom. The second kappa shape index (κ2) is 6.87. The Labute approximate surface area is 133 Å². The molecule has 0 fully saturated rings. The minimum absolute atomic E-state index is 0.182. The maximum atomic E-state index is 12.1. The van der Waals surface area contributed by atoms with E-state index in [-0.39, 0.29) is 4.90 Å². The van der Waals surface area contributed by atoms with E-state index < -0.39 is 10.0 Å². The predicted octanol–water partition coefficient (Wildman–Crippen LogP) is 3.35. The highest BCUT2D eigenvalue weighted by Crippen LogP contribution is 2.14. The number of sulfonamides is 1. The van der Waals surface area contributed by atoms with Crippen LogP contribution in [0.25, 0.3) is 0 Å². The van der Waals surface area contributed by atoms with Crippen molar-refractivity contribution < 1.29 is 8.42 Å². The molecule has 0 amide bonds. The quantitative estimate of drug-likeness (QED) is 0.651. The van der Waals surface area contributed by atoms with Gasteiger partial charge in [0.15, 0.2) is 0 Å². The van der Waals surface area contributed by atoms with E-state index >= 15 is 0 Å². The fourth-order valence-corrected chi connectivity index (χ4v) is 2.88. The largest absolute Gasteiger partial charge is 0.276 e. The standard InChI is InChI=1S/C15H15BrN2O2S/c1-12(11-13-5-3-2-4-6-13)17-18-21(19,20)15-9-7-14(16)8-10-15/h2-10,18H,11H2,1H3. The van der Waals surface area contributed by atoms with Crippen molar-refractivity contribution in [2.24, 2.45) is 5.10 Å². The van der Waals surface area contributed by atoms with Gasteiger partial charge in [0.2, 0.25) is 0 Å². The van der Waals surface area contributed by atoms with Crippen LogP contribution in [0.1, 0.15) is 12.5 Å². The zero-order valence-corrected chi connectivity index (χ0v) is 13.9. The molecule has 110 valence electrons. The van der Waals surface area contributed by atoms with Crippen molar-refractivity contribution in [2.75, 3.05) is 0 Å². The highest BCUT2D eigenvalue weighted by Gasteiger charge is 2.12. The number of hydrogen-bond donors (Lipinski definition) is 1. The fourth-order valence-electron chi connectivity index (χ4n) is 1.74. The molecule has 0 spiro atoms. The maximum Gasteiger partial charge on any atom is 0.276 e. The van der Waals surface area contributed by atoms with E-state index in [1.165, 1.54) is 12.1 Å². The summed E-state index contributed by atoms with van der Waals surface area (Å²) in [6, 6.07) is 16.2. The molecular formula is C15H15BrN2O2S. The zero-order chi connectivity index (χ0) is 15.3. The average Bonchev–Trinajstić information content (AvgIpc) is 2.47. The number of hydrogen-bond acceptors (Lipinski definition) is 3. The normalized spacial score (nSPS) is 12.2. The lowest BCUT2D eigenvalue weighted by molar-refractivity contribution is 0.584. The molecule has 0 atom stereocenters. The Morgan fingerprint density at radius 3 is 2.33 bits per heavy atom. The lowest BCUT2D eigenvalue weighted by Crippen LogP contribution is -2.20. The van der Waals surface area contributed by atoms with Crippen LogP contribution >= 0.6 is 15.9 Å². The molecule has 0 aromatic heterocycles. The molecule has 0 saturated carbocycles. The summed E-state index contributed by atoms with van der Waals surface area (Å²) in [5.41, 5.74) is 1.78. The van der Waals surface area contributed by atoms with Crippen LogP contribution in [0, 0.1) is 0 Å². The number of benzene rings is 2. The first-order valence-corrected chi connectivity index (χ1v) is 8.59. The van der Waals surface area contributed by atoms with Crippen LogP contribution < -0.4 is 4.83 Å². The Balaban J connectivity index is 2.06. The summed E-state index contributed by atoms with van der Waals surface area (Å²) >= 11 is 3.27. The fraction of sp³-hybridized carbons (Fsp3) is 0.133. The second-order valence-electron chi connectivity index (χ2n) is 4.56. The number of halogens is 1. The van der Waals surface area contributed by atoms with Crippen molar-refractivity contribution >= 4 is 31.7 Å². The molecule has 0 aliphatic heterocycles. The van der Waals surface area contributed by atoms with Gasteiger partial charge < -0.3 is 0 Å². The predicted molar refractivity (Wildman–Crippen MR) is 87.7 cm³/mol. The van der Waals surface area contributed by atoms with E-state index in [4.69, 9.17) is 0 Å². The molecular weight excluding hydrogens is 352 g/mol. The lowest BCUT2D eigenvalue weighted by Gasteiger charge is -2.05. The number of rotatable bonds is 5. The summed E-state index contributed by atoms with van der Waals surface area (Å²) in [5.74, 6) is 0. The minimum atomic E-state index is -3.62. The van der Waals surface area contributed by atoms with Crippen molar-refractivity contribution in [1.82, 2.24) is 4.83 Å². The van der Waals surface area contributed by atoms with E-state index in [0.717, 1.165) is 10.0 Å². The highest BCUT2D eigenvalue weighted by molar-refractivity contribution is 9.10. The van der Waals surface area contributed by atoms with Gasteiger partial charge in [-0.1, -0.05) is 46.3 Å². The van der Waals surface area contributed by atoms with Crippen molar-refractivity contribution in [3.63, 3.8) is 0 Å². The SMILES string of the molecule is CC(Cc1ccccc1)=NNS(=O)(=O)c1ccc(Br)cc1. The lowest BCUT2D eigenvalue weighted by atomic mass is 10.1. The first-order valence-electron chi connectivity index (χ1n) is 6.32. The van der Waals surface area contributed by atoms with E-state index in [0.29, 0.717) is 12.1 Å². The van der Waals surface area contributed by atoms with Crippen LogP contribution in [0.4, 0.5) is 0 Å². The minimum Gasteiger partial charge on any atom is -0.200 e. The van der Waals surface area contributed by atoms with Crippen LogP contribution in [0.5, 0.6) is 0 Å². The molecule has 0 heterocycles. The third-order valence-electron chi connectivity index (χ3n) is 2.78. The summed E-state index contributed by atoms with van der Waals surface area (Å²) in [4.78, 5) is 2.44. The van der Waals surface area contributed by atoms with Crippen molar-refractivity contribution in [1.29, 1.82) is 0 Å². The van der Waals surface area contributed by atoms with Crippen LogP contribution in [0.15, 0.2) is 69.1 Å². The molecule has 0 radical (unpaired) electrons. The zero-order valence-electron chi connectivity index (χ0n) is 11.5. The van der Waals surface area contributed by atoms with Crippen molar-refractivity contribution in [2.45, 2.75) is 18.2 Å². The molecule has 0 unspecified atom stereocenters. The molecule has 0 bridgehead atoms. The molecule has 21 heavy (non-hydrogen) atoms. The highest BCUT2D eigenvalue weighted by atomic mass is 79.9. The molecule has 2 aromatic rings. The van der Waals surface area contributed by atoms with Gasteiger partial charge in [-0.3, -0.25) is 0 Å². The van der Waals surface area contributed by atoms with Crippen LogP contribution in [-0.4, -0.2) is 14.1 Å². The van der Waals surface area contributed by atoms with Crippen molar-refractivity contribution in [3.8, 4) is 0 Å². The maximum absolute atomic E-state index is 12.1. The van der Waals surface area contributed by atoms with Crippen LogP contribution in [-0.2, 0) is 16.4 Å². The molecule has 2 aromatic carbocycles.